The normalized spacial score (nSPS) is 29.2. The van der Waals surface area contributed by atoms with E-state index < -0.39 is 17.9 Å². The highest BCUT2D eigenvalue weighted by Gasteiger charge is 2.42. The zero-order chi connectivity index (χ0) is 23.4. The number of rotatable bonds is 6. The molecule has 3 fully saturated rings. The highest BCUT2D eigenvalue weighted by atomic mass is 32.2. The Morgan fingerprint density at radius 1 is 1.18 bits per heavy atom. The van der Waals surface area contributed by atoms with Crippen LogP contribution in [-0.2, 0) is 14.3 Å². The lowest BCUT2D eigenvalue weighted by Crippen LogP contribution is -2.59. The Bertz CT molecular complexity index is 869. The number of hydrogen-bond acceptors (Lipinski definition) is 9. The van der Waals surface area contributed by atoms with Crippen LogP contribution in [0.25, 0.3) is 0 Å². The van der Waals surface area contributed by atoms with Crippen LogP contribution in [0.4, 0.5) is 4.79 Å². The van der Waals surface area contributed by atoms with Gasteiger partial charge in [0, 0.05) is 25.6 Å². The molecular weight excluding hydrogens is 446 g/mol. The highest BCUT2D eigenvalue weighted by molar-refractivity contribution is 8.00. The van der Waals surface area contributed by atoms with Crippen LogP contribution >= 0.6 is 11.8 Å². The molecule has 5 unspecified atom stereocenters. The van der Waals surface area contributed by atoms with Crippen LogP contribution in [0.3, 0.4) is 0 Å². The van der Waals surface area contributed by atoms with E-state index in [0.29, 0.717) is 19.5 Å². The topological polar surface area (TPSA) is 121 Å². The van der Waals surface area contributed by atoms with E-state index in [2.05, 4.69) is 38.5 Å². The number of nitrogens with zero attached hydrogens (tertiary/aromatic N) is 1. The van der Waals surface area contributed by atoms with Gasteiger partial charge in [0.05, 0.1) is 37.1 Å². The maximum Gasteiger partial charge on any atom is 0.413 e. The van der Waals surface area contributed by atoms with Crippen LogP contribution in [0.5, 0.6) is 5.75 Å². The number of amides is 3. The number of nitrogens with one attached hydrogen (secondary N) is 4. The molecule has 10 nitrogen and oxygen atoms in total. The summed E-state index contributed by atoms with van der Waals surface area (Å²) in [6.45, 7) is 3.78. The fourth-order valence-electron chi connectivity index (χ4n) is 4.58. The molecule has 4 N–H and O–H groups in total. The number of ether oxygens (including phenoxy) is 2. The van der Waals surface area contributed by atoms with Crippen molar-refractivity contribution in [3.63, 3.8) is 0 Å². The molecule has 4 rings (SSSR count). The summed E-state index contributed by atoms with van der Waals surface area (Å²) in [5, 5.41) is 10.5. The van der Waals surface area contributed by atoms with E-state index in [-0.39, 0.29) is 35.9 Å². The molecule has 0 spiro atoms. The number of carbonyl (C=O) groups excluding carboxylic acids is 3. The lowest BCUT2D eigenvalue weighted by Gasteiger charge is -2.37. The first-order valence-corrected chi connectivity index (χ1v) is 12.3. The quantitative estimate of drug-likeness (QED) is 0.467. The van der Waals surface area contributed by atoms with Crippen molar-refractivity contribution >= 4 is 29.7 Å². The second kappa shape index (κ2) is 10.7. The van der Waals surface area contributed by atoms with Gasteiger partial charge in [0.15, 0.2) is 0 Å². The van der Waals surface area contributed by atoms with Crippen molar-refractivity contribution in [1.82, 2.24) is 26.4 Å². The largest absolute Gasteiger partial charge is 0.497 e. The van der Waals surface area contributed by atoms with Crippen molar-refractivity contribution in [1.29, 1.82) is 0 Å². The van der Waals surface area contributed by atoms with Gasteiger partial charge in [-0.1, -0.05) is 12.1 Å². The van der Waals surface area contributed by atoms with Gasteiger partial charge < -0.3 is 14.8 Å². The Morgan fingerprint density at radius 3 is 2.70 bits per heavy atom. The molecule has 0 aromatic heterocycles. The summed E-state index contributed by atoms with van der Waals surface area (Å²) in [4.78, 5) is 37.0. The molecule has 0 radical (unpaired) electrons. The summed E-state index contributed by atoms with van der Waals surface area (Å²) < 4.78 is 10.0. The Kier molecular flexibility index (Phi) is 7.74. The van der Waals surface area contributed by atoms with E-state index in [1.807, 2.05) is 12.1 Å². The number of alkyl carbamates (subject to hydrolysis) is 1. The number of thioether (sulfide) groups is 1. The first-order chi connectivity index (χ1) is 16.0. The number of benzene rings is 1. The molecule has 3 aliphatic rings. The monoisotopic (exact) mass is 477 g/mol. The highest BCUT2D eigenvalue weighted by Crippen LogP contribution is 2.32. The maximum atomic E-state index is 13.0. The van der Waals surface area contributed by atoms with Crippen molar-refractivity contribution in [2.45, 2.75) is 30.8 Å². The summed E-state index contributed by atoms with van der Waals surface area (Å²) in [7, 11) is 1.65. The van der Waals surface area contributed by atoms with Crippen LogP contribution < -0.4 is 26.1 Å². The molecule has 1 aromatic carbocycles. The van der Waals surface area contributed by atoms with Gasteiger partial charge in [0.1, 0.15) is 5.75 Å². The lowest BCUT2D eigenvalue weighted by atomic mass is 9.94. The third-order valence-electron chi connectivity index (χ3n) is 6.35. The maximum absolute atomic E-state index is 13.0. The average Bonchev–Trinajstić information content (AvgIpc) is 3.45. The second-order valence-corrected chi connectivity index (χ2v) is 9.60. The summed E-state index contributed by atoms with van der Waals surface area (Å²) in [5.74, 6) is 0.622. The number of imide groups is 1. The number of hydrogen-bond donors (Lipinski definition) is 4. The van der Waals surface area contributed by atoms with Crippen LogP contribution in [0.1, 0.15) is 24.8 Å². The number of hydrazine groups is 1. The van der Waals surface area contributed by atoms with E-state index >= 15 is 0 Å². The lowest BCUT2D eigenvalue weighted by molar-refractivity contribution is -0.128. The minimum Gasteiger partial charge on any atom is -0.497 e. The van der Waals surface area contributed by atoms with E-state index in [4.69, 9.17) is 9.47 Å². The molecule has 3 aliphatic heterocycles. The molecule has 11 heteroatoms. The van der Waals surface area contributed by atoms with Crippen molar-refractivity contribution in [3.05, 3.63) is 29.8 Å². The van der Waals surface area contributed by atoms with Crippen LogP contribution in [-0.4, -0.2) is 73.6 Å². The van der Waals surface area contributed by atoms with Crippen molar-refractivity contribution in [3.8, 4) is 5.75 Å². The predicted molar refractivity (Wildman–Crippen MR) is 123 cm³/mol. The second-order valence-electron chi connectivity index (χ2n) is 8.35. The van der Waals surface area contributed by atoms with Crippen LogP contribution in [0.15, 0.2) is 24.3 Å². The van der Waals surface area contributed by atoms with Gasteiger partial charge in [-0.2, -0.15) is 0 Å². The van der Waals surface area contributed by atoms with E-state index in [1.54, 1.807) is 14.0 Å². The van der Waals surface area contributed by atoms with E-state index in [1.165, 1.54) is 17.3 Å². The fraction of sp³-hybridized carbons (Fsp3) is 0.591. The van der Waals surface area contributed by atoms with Gasteiger partial charge >= 0.3 is 6.09 Å². The third-order valence-corrected chi connectivity index (χ3v) is 7.63. The molecular formula is C22H31N5O5S. The van der Waals surface area contributed by atoms with Gasteiger partial charge in [0.25, 0.3) is 0 Å². The summed E-state index contributed by atoms with van der Waals surface area (Å²) >= 11 is 1.53. The van der Waals surface area contributed by atoms with Gasteiger partial charge in [-0.25, -0.2) is 9.80 Å². The Balaban J connectivity index is 1.31. The van der Waals surface area contributed by atoms with Gasteiger partial charge in [-0.3, -0.25) is 25.6 Å². The van der Waals surface area contributed by atoms with E-state index in [9.17, 15) is 14.4 Å². The van der Waals surface area contributed by atoms with Crippen LogP contribution in [0, 0.1) is 11.8 Å². The standard InChI is InChI=1S/C22H31N5O5S/c1-3-32-22(30)26-20(29)16-8-9-33-21(16)25-19(28)14-10-23-18-17(11-24-27(18)12-14)13-4-6-15(31-2)7-5-13/h4-7,14,16-18,21,23-24H,3,8-12H2,1-2H3,(H,25,28)(H,26,29,30). The Morgan fingerprint density at radius 2 is 1.97 bits per heavy atom. The van der Waals surface area contributed by atoms with Crippen LogP contribution in [0.2, 0.25) is 0 Å². The molecule has 1 aromatic rings. The molecule has 33 heavy (non-hydrogen) atoms. The third kappa shape index (κ3) is 5.43. The SMILES string of the molecule is CCOC(=O)NC(=O)C1CCSC1NC(=O)C1CNC2C(c3ccc(OC)cc3)CNN2C1. The van der Waals surface area contributed by atoms with E-state index in [0.717, 1.165) is 18.0 Å². The zero-order valence-electron chi connectivity index (χ0n) is 18.8. The van der Waals surface area contributed by atoms with Gasteiger partial charge in [-0.05, 0) is 36.8 Å². The van der Waals surface area contributed by atoms with Crippen molar-refractivity contribution in [2.24, 2.45) is 11.8 Å². The van der Waals surface area contributed by atoms with Crippen molar-refractivity contribution < 1.29 is 23.9 Å². The molecule has 0 aliphatic carbocycles. The first-order valence-electron chi connectivity index (χ1n) is 11.3. The first kappa shape index (κ1) is 23.8. The minimum atomic E-state index is -0.751. The molecule has 0 saturated carbocycles. The minimum absolute atomic E-state index is 0.0935. The number of fused-ring (bicyclic) bond motifs is 1. The van der Waals surface area contributed by atoms with Gasteiger partial charge in [-0.15, -0.1) is 11.8 Å². The predicted octanol–water partition coefficient (Wildman–Crippen LogP) is 0.613. The smallest absolute Gasteiger partial charge is 0.413 e. The molecule has 180 valence electrons. The molecule has 3 amide bonds. The Labute approximate surface area is 197 Å². The average molecular weight is 478 g/mol. The number of carbonyl (C=O) groups is 3. The summed E-state index contributed by atoms with van der Waals surface area (Å²) in [6, 6.07) is 8.08. The number of methoxy groups -OCH3 is 1. The van der Waals surface area contributed by atoms with Gasteiger partial charge in [0.2, 0.25) is 11.8 Å². The summed E-state index contributed by atoms with van der Waals surface area (Å²) in [6.07, 6.45) is -0.0480. The molecule has 5 atom stereocenters. The zero-order valence-corrected chi connectivity index (χ0v) is 19.7. The Hall–Kier alpha value is -2.34. The molecule has 0 bridgehead atoms. The molecule has 3 saturated heterocycles. The molecule has 3 heterocycles. The fourth-order valence-corrected chi connectivity index (χ4v) is 5.92. The van der Waals surface area contributed by atoms with Crippen molar-refractivity contribution in [2.75, 3.05) is 39.1 Å². The summed E-state index contributed by atoms with van der Waals surface area (Å²) in [5.41, 5.74) is 4.63.